The SMILES string of the molecule is Cc1ccc(N(c2cccc(C)c2)c2ccc(/C=C/c3ccccc3/C=C/c3ccc(N(c4ccc(C)cc4)c4cccc(C)c4)cc3C)c(C)c2)cc1. The predicted octanol–water partition coefficient (Wildman–Crippen LogP) is 14.8. The van der Waals surface area contributed by atoms with Crippen LogP contribution < -0.4 is 9.80 Å². The van der Waals surface area contributed by atoms with Gasteiger partial charge in [0, 0.05) is 34.1 Å². The molecule has 0 aliphatic carbocycles. The first-order valence-electron chi connectivity index (χ1n) is 18.8. The molecule has 7 aromatic carbocycles. The van der Waals surface area contributed by atoms with Crippen LogP contribution in [0.15, 0.2) is 158 Å². The molecule has 0 aromatic heterocycles. The highest BCUT2D eigenvalue weighted by molar-refractivity contribution is 5.84. The van der Waals surface area contributed by atoms with Crippen molar-refractivity contribution in [1.82, 2.24) is 0 Å². The molecule has 7 rings (SSSR count). The summed E-state index contributed by atoms with van der Waals surface area (Å²) >= 11 is 0. The maximum absolute atomic E-state index is 2.34. The van der Waals surface area contributed by atoms with Crippen LogP contribution >= 0.6 is 0 Å². The van der Waals surface area contributed by atoms with E-state index in [0.717, 1.165) is 34.1 Å². The van der Waals surface area contributed by atoms with E-state index in [0.29, 0.717) is 0 Å². The highest BCUT2D eigenvalue weighted by atomic mass is 15.1. The molecule has 0 amide bonds. The zero-order valence-electron chi connectivity index (χ0n) is 32.2. The van der Waals surface area contributed by atoms with Crippen molar-refractivity contribution in [3.8, 4) is 0 Å². The van der Waals surface area contributed by atoms with E-state index in [1.165, 1.54) is 55.6 Å². The fourth-order valence-corrected chi connectivity index (χ4v) is 6.96. The smallest absolute Gasteiger partial charge is 0.0464 e. The molecule has 2 heteroatoms. The summed E-state index contributed by atoms with van der Waals surface area (Å²) in [6.45, 7) is 13.0. The third-order valence-electron chi connectivity index (χ3n) is 10.0. The Morgan fingerprint density at radius 3 is 1.00 bits per heavy atom. The van der Waals surface area contributed by atoms with Crippen LogP contribution in [0.2, 0.25) is 0 Å². The molecule has 0 unspecified atom stereocenters. The lowest BCUT2D eigenvalue weighted by molar-refractivity contribution is 1.25. The van der Waals surface area contributed by atoms with Gasteiger partial charge in [0.2, 0.25) is 0 Å². The Hall–Kier alpha value is -6.38. The fraction of sp³-hybridized carbons (Fsp3) is 0.115. The van der Waals surface area contributed by atoms with Crippen LogP contribution in [0.4, 0.5) is 34.1 Å². The second-order valence-corrected chi connectivity index (χ2v) is 14.4. The van der Waals surface area contributed by atoms with Gasteiger partial charge in [-0.05, 0) is 159 Å². The summed E-state index contributed by atoms with van der Waals surface area (Å²) in [5, 5.41) is 0. The maximum atomic E-state index is 2.34. The maximum Gasteiger partial charge on any atom is 0.0464 e. The topological polar surface area (TPSA) is 6.48 Å². The van der Waals surface area contributed by atoms with Crippen molar-refractivity contribution >= 4 is 58.4 Å². The van der Waals surface area contributed by atoms with Gasteiger partial charge in [-0.1, -0.05) is 120 Å². The number of hydrogen-bond acceptors (Lipinski definition) is 2. The van der Waals surface area contributed by atoms with Crippen molar-refractivity contribution in [1.29, 1.82) is 0 Å². The second kappa shape index (κ2) is 16.1. The largest absolute Gasteiger partial charge is 0.310 e. The van der Waals surface area contributed by atoms with Crippen molar-refractivity contribution in [2.45, 2.75) is 41.5 Å². The van der Waals surface area contributed by atoms with E-state index in [4.69, 9.17) is 0 Å². The Kier molecular flexibility index (Phi) is 10.7. The third-order valence-corrected chi connectivity index (χ3v) is 10.0. The van der Waals surface area contributed by atoms with Crippen LogP contribution in [0.5, 0.6) is 0 Å². The molecular weight excluding hydrogens is 653 g/mol. The average Bonchev–Trinajstić information content (AvgIpc) is 3.16. The molecular formula is C52H48N2. The predicted molar refractivity (Wildman–Crippen MR) is 235 cm³/mol. The van der Waals surface area contributed by atoms with Crippen LogP contribution in [0.25, 0.3) is 24.3 Å². The Bertz CT molecular complexity index is 2270. The van der Waals surface area contributed by atoms with Gasteiger partial charge in [-0.3, -0.25) is 0 Å². The standard InChI is InChI=1S/C52H48N2/c1-37-17-27-47(28-18-37)53(49-15-9-11-39(3)33-49)51-31-25-43(41(5)35-51)21-23-45-13-7-8-14-46(45)24-22-44-26-32-52(36-42(44)6)54(48-29-19-38(2)20-30-48)50-16-10-12-40(4)34-50/h7-36H,1-6H3/b23-21+,24-22+. The van der Waals surface area contributed by atoms with Gasteiger partial charge in [0.1, 0.15) is 0 Å². The van der Waals surface area contributed by atoms with E-state index in [1.807, 2.05) is 0 Å². The van der Waals surface area contributed by atoms with Crippen molar-refractivity contribution < 1.29 is 0 Å². The van der Waals surface area contributed by atoms with Crippen LogP contribution in [0.1, 0.15) is 55.6 Å². The van der Waals surface area contributed by atoms with E-state index < -0.39 is 0 Å². The number of rotatable bonds is 10. The monoisotopic (exact) mass is 700 g/mol. The summed E-state index contributed by atoms with van der Waals surface area (Å²) < 4.78 is 0. The van der Waals surface area contributed by atoms with Crippen molar-refractivity contribution in [3.63, 3.8) is 0 Å². The van der Waals surface area contributed by atoms with Gasteiger partial charge in [0.05, 0.1) is 0 Å². The van der Waals surface area contributed by atoms with Crippen LogP contribution in [0, 0.1) is 41.5 Å². The van der Waals surface area contributed by atoms with E-state index >= 15 is 0 Å². The first-order chi connectivity index (χ1) is 26.2. The van der Waals surface area contributed by atoms with Crippen LogP contribution in [-0.2, 0) is 0 Å². The van der Waals surface area contributed by atoms with E-state index in [1.54, 1.807) is 0 Å². The summed E-state index contributed by atoms with van der Waals surface area (Å²) in [5.41, 5.74) is 19.1. The van der Waals surface area contributed by atoms with Gasteiger partial charge in [-0.25, -0.2) is 0 Å². The molecule has 0 saturated carbocycles. The normalized spacial score (nSPS) is 11.4. The molecule has 0 aliphatic heterocycles. The van der Waals surface area contributed by atoms with Crippen molar-refractivity contribution in [3.05, 3.63) is 213 Å². The highest BCUT2D eigenvalue weighted by Crippen LogP contribution is 2.38. The van der Waals surface area contributed by atoms with Gasteiger partial charge in [-0.15, -0.1) is 0 Å². The van der Waals surface area contributed by atoms with Crippen molar-refractivity contribution in [2.75, 3.05) is 9.80 Å². The lowest BCUT2D eigenvalue weighted by Crippen LogP contribution is -2.10. The molecule has 0 bridgehead atoms. The number of hydrogen-bond donors (Lipinski definition) is 0. The highest BCUT2D eigenvalue weighted by Gasteiger charge is 2.15. The summed E-state index contributed by atoms with van der Waals surface area (Å²) in [6, 6.07) is 57.0. The minimum Gasteiger partial charge on any atom is -0.310 e. The molecule has 0 radical (unpaired) electrons. The Morgan fingerprint density at radius 1 is 0.278 bits per heavy atom. The molecule has 0 heterocycles. The zero-order valence-corrected chi connectivity index (χ0v) is 32.2. The van der Waals surface area contributed by atoms with Gasteiger partial charge >= 0.3 is 0 Å². The number of aryl methyl sites for hydroxylation is 6. The lowest BCUT2D eigenvalue weighted by Gasteiger charge is -2.26. The first-order valence-corrected chi connectivity index (χ1v) is 18.8. The van der Waals surface area contributed by atoms with E-state index in [2.05, 4.69) is 233 Å². The molecule has 266 valence electrons. The minimum atomic E-state index is 1.14. The third kappa shape index (κ3) is 8.30. The molecule has 7 aromatic rings. The number of nitrogens with zero attached hydrogens (tertiary/aromatic N) is 2. The Morgan fingerprint density at radius 2 is 0.630 bits per heavy atom. The van der Waals surface area contributed by atoms with Gasteiger partial charge < -0.3 is 9.80 Å². The van der Waals surface area contributed by atoms with E-state index in [-0.39, 0.29) is 0 Å². The summed E-state index contributed by atoms with van der Waals surface area (Å²) in [4.78, 5) is 4.67. The molecule has 0 saturated heterocycles. The number of benzene rings is 7. The van der Waals surface area contributed by atoms with Crippen molar-refractivity contribution in [2.24, 2.45) is 0 Å². The van der Waals surface area contributed by atoms with Gasteiger partial charge in [0.25, 0.3) is 0 Å². The van der Waals surface area contributed by atoms with E-state index in [9.17, 15) is 0 Å². The molecule has 54 heavy (non-hydrogen) atoms. The lowest BCUT2D eigenvalue weighted by atomic mass is 10.0. The quantitative estimate of drug-likeness (QED) is 0.131. The molecule has 0 aliphatic rings. The second-order valence-electron chi connectivity index (χ2n) is 14.4. The first kappa shape index (κ1) is 36.0. The van der Waals surface area contributed by atoms with Gasteiger partial charge in [-0.2, -0.15) is 0 Å². The summed E-state index contributed by atoms with van der Waals surface area (Å²) in [7, 11) is 0. The molecule has 0 fully saturated rings. The fourth-order valence-electron chi connectivity index (χ4n) is 6.96. The number of anilines is 6. The molecule has 0 atom stereocenters. The zero-order chi connectivity index (χ0) is 37.6. The van der Waals surface area contributed by atoms with Crippen LogP contribution in [-0.4, -0.2) is 0 Å². The summed E-state index contributed by atoms with van der Waals surface area (Å²) in [5.74, 6) is 0. The summed E-state index contributed by atoms with van der Waals surface area (Å²) in [6.07, 6.45) is 8.94. The minimum absolute atomic E-state index is 1.14. The molecule has 0 spiro atoms. The van der Waals surface area contributed by atoms with Crippen LogP contribution in [0.3, 0.4) is 0 Å². The molecule has 2 nitrogen and oxygen atoms in total. The molecule has 0 N–H and O–H groups in total. The Balaban J connectivity index is 1.14. The van der Waals surface area contributed by atoms with Gasteiger partial charge in [0.15, 0.2) is 0 Å². The Labute approximate surface area is 322 Å². The average molecular weight is 701 g/mol.